The van der Waals surface area contributed by atoms with Crippen LogP contribution < -0.4 is 24.4 Å². The molecule has 41 heavy (non-hydrogen) atoms. The largest absolute Gasteiger partial charge is 0.493 e. The maximum Gasteiger partial charge on any atom is 0.271 e. The average Bonchev–Trinajstić information content (AvgIpc) is 3.34. The molecule has 2 aliphatic rings. The number of hydrogen-bond acceptors (Lipinski definition) is 5. The molecular weight excluding hydrogens is 528 g/mol. The molecule has 1 atom stereocenters. The molecule has 202 valence electrons. The molecule has 4 aromatic carbocycles. The molecule has 0 bridgehead atoms. The molecular formula is C35H28N2O3S. The van der Waals surface area contributed by atoms with Crippen LogP contribution in [0.25, 0.3) is 11.8 Å². The first-order chi connectivity index (χ1) is 20.2. The normalized spacial score (nSPS) is 15.9. The third-order valence-corrected chi connectivity index (χ3v) is 8.69. The average molecular weight is 557 g/mol. The summed E-state index contributed by atoms with van der Waals surface area (Å²) in [6, 6.07) is 34.4. The molecule has 1 aromatic heterocycles. The van der Waals surface area contributed by atoms with Crippen molar-refractivity contribution < 1.29 is 9.47 Å². The summed E-state index contributed by atoms with van der Waals surface area (Å²) in [7, 11) is 1.63. The summed E-state index contributed by atoms with van der Waals surface area (Å²) in [6.07, 6.45) is 3.74. The van der Waals surface area contributed by atoms with Gasteiger partial charge in [0.2, 0.25) is 0 Å². The van der Waals surface area contributed by atoms with Crippen LogP contribution in [0.2, 0.25) is 0 Å². The second kappa shape index (κ2) is 10.7. The minimum atomic E-state index is -0.179. The van der Waals surface area contributed by atoms with E-state index in [1.807, 2.05) is 77.4 Å². The van der Waals surface area contributed by atoms with Crippen molar-refractivity contribution in [3.8, 4) is 11.5 Å². The molecule has 0 N–H and O–H groups in total. The van der Waals surface area contributed by atoms with E-state index in [9.17, 15) is 4.79 Å². The van der Waals surface area contributed by atoms with Crippen molar-refractivity contribution in [2.45, 2.75) is 25.5 Å². The smallest absolute Gasteiger partial charge is 0.271 e. The van der Waals surface area contributed by atoms with E-state index in [2.05, 4.69) is 36.4 Å². The Morgan fingerprint density at radius 2 is 1.66 bits per heavy atom. The summed E-state index contributed by atoms with van der Waals surface area (Å²) >= 11 is 1.43. The fourth-order valence-electron chi connectivity index (χ4n) is 5.74. The van der Waals surface area contributed by atoms with Crippen molar-refractivity contribution >= 4 is 23.1 Å². The number of methoxy groups -OCH3 is 1. The summed E-state index contributed by atoms with van der Waals surface area (Å²) in [5, 5.41) is 0. The first-order valence-electron chi connectivity index (χ1n) is 13.7. The highest BCUT2D eigenvalue weighted by Gasteiger charge is 2.32. The van der Waals surface area contributed by atoms with Crippen molar-refractivity contribution in [1.29, 1.82) is 0 Å². The van der Waals surface area contributed by atoms with Crippen molar-refractivity contribution in [1.82, 2.24) is 4.57 Å². The van der Waals surface area contributed by atoms with Gasteiger partial charge in [-0.2, -0.15) is 0 Å². The molecule has 2 heterocycles. The highest BCUT2D eigenvalue weighted by Crippen LogP contribution is 2.41. The van der Waals surface area contributed by atoms with Gasteiger partial charge < -0.3 is 9.47 Å². The third kappa shape index (κ3) is 4.70. The predicted octanol–water partition coefficient (Wildman–Crippen LogP) is 5.91. The van der Waals surface area contributed by atoms with E-state index in [0.717, 1.165) is 40.0 Å². The highest BCUT2D eigenvalue weighted by atomic mass is 32.1. The van der Waals surface area contributed by atoms with Crippen molar-refractivity contribution in [3.05, 3.63) is 156 Å². The van der Waals surface area contributed by atoms with Gasteiger partial charge in [-0.05, 0) is 58.9 Å². The minimum absolute atomic E-state index is 0.0311. The summed E-state index contributed by atoms with van der Waals surface area (Å²) in [5.74, 6) is 1.28. The van der Waals surface area contributed by atoms with Gasteiger partial charge in [-0.3, -0.25) is 9.36 Å². The Bertz CT molecular complexity index is 1960. The second-order valence-electron chi connectivity index (χ2n) is 10.2. The molecule has 0 unspecified atom stereocenters. The van der Waals surface area contributed by atoms with Gasteiger partial charge in [-0.25, -0.2) is 4.99 Å². The predicted molar refractivity (Wildman–Crippen MR) is 163 cm³/mol. The molecule has 1 aliphatic carbocycles. The van der Waals surface area contributed by atoms with E-state index in [-0.39, 0.29) is 11.6 Å². The molecule has 0 spiro atoms. The van der Waals surface area contributed by atoms with Crippen molar-refractivity contribution in [2.75, 3.05) is 7.11 Å². The number of nitrogens with zero attached hydrogens (tertiary/aromatic N) is 2. The van der Waals surface area contributed by atoms with Gasteiger partial charge >= 0.3 is 0 Å². The Morgan fingerprint density at radius 3 is 2.46 bits per heavy atom. The standard InChI is InChI=1S/C35H28N2O3S/c1-39-30-20-24(16-19-29(30)40-22-23-10-4-2-5-11-23)21-31-34(38)37-33(26-13-6-3-7-14-26)28-18-17-25-12-8-9-15-27(25)32(28)36-35(37)41-31/h2-16,19-21,33H,17-18,22H2,1H3/b31-21-/t33-/m1/s1. The highest BCUT2D eigenvalue weighted by molar-refractivity contribution is 7.07. The lowest BCUT2D eigenvalue weighted by atomic mass is 9.83. The summed E-state index contributed by atoms with van der Waals surface area (Å²) < 4.78 is 14.2. The number of aryl methyl sites for hydroxylation is 1. The van der Waals surface area contributed by atoms with Crippen molar-refractivity contribution in [2.24, 2.45) is 4.99 Å². The van der Waals surface area contributed by atoms with Crippen LogP contribution in [0.4, 0.5) is 0 Å². The van der Waals surface area contributed by atoms with Gasteiger partial charge in [0.1, 0.15) is 6.61 Å². The topological polar surface area (TPSA) is 52.8 Å². The lowest BCUT2D eigenvalue weighted by Gasteiger charge is -2.30. The summed E-state index contributed by atoms with van der Waals surface area (Å²) in [6.45, 7) is 0.447. The van der Waals surface area contributed by atoms with Gasteiger partial charge in [0.25, 0.3) is 5.56 Å². The van der Waals surface area contributed by atoms with Gasteiger partial charge in [0.05, 0.1) is 23.4 Å². The van der Waals surface area contributed by atoms with Crippen LogP contribution in [0.5, 0.6) is 11.5 Å². The van der Waals surface area contributed by atoms with Crippen LogP contribution in [0.3, 0.4) is 0 Å². The number of allylic oxidation sites excluding steroid dienone is 1. The van der Waals surface area contributed by atoms with E-state index in [4.69, 9.17) is 14.5 Å². The van der Waals surface area contributed by atoms with Crippen LogP contribution in [0.15, 0.2) is 118 Å². The zero-order valence-electron chi connectivity index (χ0n) is 22.6. The first-order valence-corrected chi connectivity index (χ1v) is 14.5. The first kappa shape index (κ1) is 25.3. The molecule has 0 saturated heterocycles. The quantitative estimate of drug-likeness (QED) is 0.262. The molecule has 0 radical (unpaired) electrons. The molecule has 7 rings (SSSR count). The van der Waals surface area contributed by atoms with Crippen LogP contribution in [0, 0.1) is 0 Å². The Hall–Kier alpha value is -4.68. The molecule has 5 nitrogen and oxygen atoms in total. The molecule has 1 aliphatic heterocycles. The van der Waals surface area contributed by atoms with Gasteiger partial charge in [-0.1, -0.05) is 102 Å². The lowest BCUT2D eigenvalue weighted by Crippen LogP contribution is -2.38. The van der Waals surface area contributed by atoms with E-state index in [1.54, 1.807) is 7.11 Å². The van der Waals surface area contributed by atoms with Crippen LogP contribution in [0.1, 0.15) is 40.3 Å². The van der Waals surface area contributed by atoms with Crippen LogP contribution >= 0.6 is 11.3 Å². The number of hydrogen-bond donors (Lipinski definition) is 0. The minimum Gasteiger partial charge on any atom is -0.493 e. The Morgan fingerprint density at radius 1 is 0.902 bits per heavy atom. The number of rotatable bonds is 6. The van der Waals surface area contributed by atoms with E-state index < -0.39 is 0 Å². The zero-order chi connectivity index (χ0) is 27.8. The third-order valence-electron chi connectivity index (χ3n) is 7.71. The lowest BCUT2D eigenvalue weighted by molar-refractivity contribution is 0.284. The molecule has 0 amide bonds. The van der Waals surface area contributed by atoms with Crippen LogP contribution in [-0.4, -0.2) is 11.7 Å². The molecule has 6 heteroatoms. The Labute approximate surface area is 242 Å². The number of thiazole rings is 1. The number of benzene rings is 4. The van der Waals surface area contributed by atoms with Gasteiger partial charge in [-0.15, -0.1) is 0 Å². The Balaban J connectivity index is 1.31. The van der Waals surface area contributed by atoms with Gasteiger partial charge in [0, 0.05) is 5.56 Å². The number of fused-ring (bicyclic) bond motifs is 3. The van der Waals surface area contributed by atoms with Gasteiger partial charge in [0.15, 0.2) is 16.3 Å². The van der Waals surface area contributed by atoms with E-state index in [0.29, 0.717) is 22.6 Å². The molecule has 0 fully saturated rings. The molecule has 5 aromatic rings. The van der Waals surface area contributed by atoms with Crippen molar-refractivity contribution in [3.63, 3.8) is 0 Å². The second-order valence-corrected chi connectivity index (χ2v) is 11.2. The Kier molecular flexibility index (Phi) is 6.61. The maximum atomic E-state index is 14.0. The van der Waals surface area contributed by atoms with E-state index >= 15 is 0 Å². The summed E-state index contributed by atoms with van der Waals surface area (Å²) in [4.78, 5) is 19.8. The fraction of sp³-hybridized carbons (Fsp3) is 0.143. The number of ether oxygens (including phenoxy) is 2. The zero-order valence-corrected chi connectivity index (χ0v) is 23.4. The number of aromatic nitrogens is 1. The maximum absolute atomic E-state index is 14.0. The van der Waals surface area contributed by atoms with Crippen LogP contribution in [-0.2, 0) is 13.0 Å². The fourth-order valence-corrected chi connectivity index (χ4v) is 6.74. The SMILES string of the molecule is COc1cc(/C=c2\sc3n(c2=O)[C@H](c2ccccc2)C2=C(N=3)c3ccccc3CC2)ccc1OCc1ccccc1. The monoisotopic (exact) mass is 556 g/mol. The molecule has 0 saturated carbocycles. The summed E-state index contributed by atoms with van der Waals surface area (Å²) in [5.41, 5.74) is 7.71. The van der Waals surface area contributed by atoms with E-state index in [1.165, 1.54) is 28.0 Å².